The van der Waals surface area contributed by atoms with Gasteiger partial charge in [0.15, 0.2) is 17.4 Å². The molecule has 0 spiro atoms. The molecule has 0 amide bonds. The van der Waals surface area contributed by atoms with Crippen molar-refractivity contribution in [1.82, 2.24) is 0 Å². The zero-order valence-electron chi connectivity index (χ0n) is 1.41. The Bertz CT molecular complexity index is 3.61. The van der Waals surface area contributed by atoms with Crippen molar-refractivity contribution in [2.75, 3.05) is 0 Å². The van der Waals surface area contributed by atoms with Crippen LogP contribution in [0.15, 0.2) is 0 Å². The fourth-order valence-electron chi connectivity index (χ4n) is 0. The van der Waals surface area contributed by atoms with E-state index in [9.17, 15) is 0 Å². The molecule has 0 aliphatic heterocycles. The molecule has 0 saturated heterocycles. The SMILES string of the molecule is [AlH3].[Fe].[Fe].[Fe].[Fe]. The van der Waals surface area contributed by atoms with Crippen molar-refractivity contribution in [3.05, 3.63) is 0 Å². The van der Waals surface area contributed by atoms with Crippen LogP contribution in [0.1, 0.15) is 0 Å². The van der Waals surface area contributed by atoms with Gasteiger partial charge in [0.1, 0.15) is 0 Å². The number of rotatable bonds is 0. The van der Waals surface area contributed by atoms with Gasteiger partial charge in [-0.3, -0.25) is 0 Å². The van der Waals surface area contributed by atoms with E-state index in [1.54, 1.807) is 0 Å². The average molecular weight is 253 g/mol. The first-order chi connectivity index (χ1) is 0. The molecule has 0 saturated carbocycles. The second-order valence-electron chi connectivity index (χ2n) is 0. The molecule has 0 aliphatic carbocycles. The van der Waals surface area contributed by atoms with E-state index in [0.717, 1.165) is 0 Å². The minimum absolute atomic E-state index is 0. The molecule has 5 heteroatoms. The van der Waals surface area contributed by atoms with Crippen LogP contribution in [0, 0.1) is 0 Å². The van der Waals surface area contributed by atoms with E-state index < -0.39 is 0 Å². The summed E-state index contributed by atoms with van der Waals surface area (Å²) in [5.41, 5.74) is 0. The summed E-state index contributed by atoms with van der Waals surface area (Å²) in [5.74, 6) is 0. The molecule has 5 heavy (non-hydrogen) atoms. The summed E-state index contributed by atoms with van der Waals surface area (Å²) in [6.45, 7) is 0. The summed E-state index contributed by atoms with van der Waals surface area (Å²) in [4.78, 5) is 0. The fraction of sp³-hybridized carbons (Fsp3) is 0. The minimum Gasteiger partial charge on any atom is 0 e. The van der Waals surface area contributed by atoms with Crippen LogP contribution in [0.25, 0.3) is 0 Å². The van der Waals surface area contributed by atoms with E-state index in [4.69, 9.17) is 0 Å². The van der Waals surface area contributed by atoms with Gasteiger partial charge in [0.25, 0.3) is 0 Å². The van der Waals surface area contributed by atoms with Crippen molar-refractivity contribution in [2.45, 2.75) is 0 Å². The topological polar surface area (TPSA) is 0 Å². The number of hydrogen-bond donors (Lipinski definition) is 0. The molecule has 0 atom stereocenters. The van der Waals surface area contributed by atoms with Crippen molar-refractivity contribution in [1.29, 1.82) is 0 Å². The van der Waals surface area contributed by atoms with Gasteiger partial charge < -0.3 is 0 Å². The smallest absolute Gasteiger partial charge is 0 e. The molecule has 0 aliphatic rings. The first-order valence-electron chi connectivity index (χ1n) is 0. The van der Waals surface area contributed by atoms with Crippen molar-refractivity contribution in [3.63, 3.8) is 0 Å². The Balaban J connectivity index is 0. The standard InChI is InChI=1S/Al.4Fe.3H. The van der Waals surface area contributed by atoms with Crippen molar-refractivity contribution in [2.24, 2.45) is 0 Å². The molecule has 0 aromatic rings. The van der Waals surface area contributed by atoms with Gasteiger partial charge >= 0.3 is 0 Å². The van der Waals surface area contributed by atoms with E-state index in [2.05, 4.69) is 0 Å². The maximum absolute atomic E-state index is 0. The predicted molar refractivity (Wildman–Crippen MR) is 9.94 cm³/mol. The van der Waals surface area contributed by atoms with Crippen LogP contribution in [0.5, 0.6) is 0 Å². The van der Waals surface area contributed by atoms with E-state index in [1.165, 1.54) is 0 Å². The molecule has 0 aromatic carbocycles. The Morgan fingerprint density at radius 1 is 0.400 bits per heavy atom. The van der Waals surface area contributed by atoms with Crippen LogP contribution in [0.2, 0.25) is 0 Å². The molecular formula is H3AlFe4. The molecule has 0 aromatic heterocycles. The Morgan fingerprint density at radius 2 is 0.400 bits per heavy atom. The largest absolute Gasteiger partial charge is 0.187 e. The van der Waals surface area contributed by atoms with Gasteiger partial charge in [-0.05, 0) is 0 Å². The molecule has 38 valence electrons. The summed E-state index contributed by atoms with van der Waals surface area (Å²) in [6, 6.07) is 0. The molecule has 0 unspecified atom stereocenters. The molecule has 0 fully saturated rings. The first-order valence-corrected chi connectivity index (χ1v) is 0. The molecule has 0 bridgehead atoms. The van der Waals surface area contributed by atoms with Gasteiger partial charge in [0.2, 0.25) is 0 Å². The van der Waals surface area contributed by atoms with Crippen molar-refractivity contribution in [3.8, 4) is 0 Å². The van der Waals surface area contributed by atoms with Gasteiger partial charge in [0.05, 0.1) is 0 Å². The summed E-state index contributed by atoms with van der Waals surface area (Å²) in [6.07, 6.45) is 0. The summed E-state index contributed by atoms with van der Waals surface area (Å²) < 4.78 is 0. The monoisotopic (exact) mass is 254 g/mol. The van der Waals surface area contributed by atoms with E-state index in [1.807, 2.05) is 0 Å². The molecule has 0 heterocycles. The summed E-state index contributed by atoms with van der Waals surface area (Å²) in [5, 5.41) is 0. The second kappa shape index (κ2) is 30.5. The van der Waals surface area contributed by atoms with E-state index in [-0.39, 0.29) is 85.6 Å². The van der Waals surface area contributed by atoms with Crippen molar-refractivity contribution < 1.29 is 68.3 Å². The zero-order valence-corrected chi connectivity index (χ0v) is 5.83. The predicted octanol–water partition coefficient (Wildman–Crippen LogP) is -1.19. The summed E-state index contributed by atoms with van der Waals surface area (Å²) in [7, 11) is 0. The third-order valence-corrected chi connectivity index (χ3v) is 0. The quantitative estimate of drug-likeness (QED) is 0.476. The van der Waals surface area contributed by atoms with Crippen LogP contribution in [-0.4, -0.2) is 17.4 Å². The van der Waals surface area contributed by atoms with Crippen LogP contribution >= 0.6 is 0 Å². The fourth-order valence-corrected chi connectivity index (χ4v) is 0. The van der Waals surface area contributed by atoms with Crippen LogP contribution in [0.3, 0.4) is 0 Å². The van der Waals surface area contributed by atoms with Crippen LogP contribution in [-0.2, 0) is 68.3 Å². The molecule has 0 rings (SSSR count). The maximum atomic E-state index is 0. The van der Waals surface area contributed by atoms with Gasteiger partial charge in [-0.15, -0.1) is 0 Å². The average Bonchev–Trinajstić information content (AvgIpc) is 0. The van der Waals surface area contributed by atoms with Crippen molar-refractivity contribution >= 4 is 17.4 Å². The van der Waals surface area contributed by atoms with Crippen LogP contribution < -0.4 is 0 Å². The third kappa shape index (κ3) is 20.6. The first kappa shape index (κ1) is 48.8. The molecule has 0 radical (unpaired) electrons. The second-order valence-corrected chi connectivity index (χ2v) is 0. The van der Waals surface area contributed by atoms with Gasteiger partial charge in [-0.25, -0.2) is 0 Å². The Hall–Kier alpha value is 2.61. The van der Waals surface area contributed by atoms with Crippen LogP contribution in [0.4, 0.5) is 0 Å². The zero-order chi connectivity index (χ0) is 0. The molecular weight excluding hydrogens is 250 g/mol. The Labute approximate surface area is 84.6 Å². The third-order valence-electron chi connectivity index (χ3n) is 0. The minimum atomic E-state index is 0. The summed E-state index contributed by atoms with van der Waals surface area (Å²) >= 11 is 0. The number of hydrogen-bond acceptors (Lipinski definition) is 0. The van der Waals surface area contributed by atoms with Gasteiger partial charge in [-0.2, -0.15) is 0 Å². The van der Waals surface area contributed by atoms with E-state index >= 15 is 0 Å². The Morgan fingerprint density at radius 3 is 0.400 bits per heavy atom. The normalized spacial score (nSPS) is 0. The molecule has 0 nitrogen and oxygen atoms in total. The molecule has 0 N–H and O–H groups in total. The van der Waals surface area contributed by atoms with E-state index in [0.29, 0.717) is 0 Å². The van der Waals surface area contributed by atoms with Gasteiger partial charge in [-0.1, -0.05) is 0 Å². The van der Waals surface area contributed by atoms with Gasteiger partial charge in [0, 0.05) is 68.3 Å². The Kier molecular flexibility index (Phi) is 298. The maximum Gasteiger partial charge on any atom is 0.187 e.